The molecule has 1 saturated carbocycles. The first-order chi connectivity index (χ1) is 15.2. The molecule has 1 aliphatic carbocycles. The second-order valence-corrected chi connectivity index (χ2v) is 9.21. The normalized spacial score (nSPS) is 28.6. The van der Waals surface area contributed by atoms with Gasteiger partial charge >= 0.3 is 0 Å². The molecule has 0 spiro atoms. The van der Waals surface area contributed by atoms with Crippen LogP contribution in [0.4, 0.5) is 0 Å². The number of aliphatic hydroxyl groups excluding tert-OH is 2. The van der Waals surface area contributed by atoms with Gasteiger partial charge in [0, 0.05) is 19.3 Å². The van der Waals surface area contributed by atoms with E-state index in [1.54, 1.807) is 0 Å². The zero-order chi connectivity index (χ0) is 21.2. The molecule has 0 aromatic heterocycles. The van der Waals surface area contributed by atoms with Gasteiger partial charge < -0.3 is 24.4 Å². The summed E-state index contributed by atoms with van der Waals surface area (Å²) in [5.41, 5.74) is 5.12. The van der Waals surface area contributed by atoms with E-state index in [-0.39, 0.29) is 24.9 Å². The molecule has 5 heteroatoms. The van der Waals surface area contributed by atoms with Crippen LogP contribution in [-0.4, -0.2) is 48.3 Å². The standard InChI is InChI=1S/C26H32O5/c27-15-24-13-21(28)14-26(31-24)19-5-8-25(18-3-4-18)20(12-19)11-17-1-6-22(7-2-17)30-23-9-10-29-16-23/h1-2,5-8,12,18,21,23-24,26-28H,3-4,9-11,13-16H2/t21?,23-,24+,26-/m1/s1. The highest BCUT2D eigenvalue weighted by atomic mass is 16.5. The fourth-order valence-electron chi connectivity index (χ4n) is 4.80. The van der Waals surface area contributed by atoms with Crippen LogP contribution in [-0.2, 0) is 15.9 Å². The molecule has 0 radical (unpaired) electrons. The Hall–Kier alpha value is -1.92. The number of hydrogen-bond donors (Lipinski definition) is 2. The van der Waals surface area contributed by atoms with Gasteiger partial charge in [-0.05, 0) is 59.6 Å². The average Bonchev–Trinajstić information content (AvgIpc) is 3.50. The Balaban J connectivity index is 1.33. The van der Waals surface area contributed by atoms with Crippen LogP contribution in [0.1, 0.15) is 66.4 Å². The first kappa shape index (κ1) is 21.0. The third-order valence-corrected chi connectivity index (χ3v) is 6.65. The molecule has 3 aliphatic rings. The van der Waals surface area contributed by atoms with Crippen molar-refractivity contribution in [3.8, 4) is 5.75 Å². The van der Waals surface area contributed by atoms with Gasteiger partial charge in [0.25, 0.3) is 0 Å². The first-order valence-corrected chi connectivity index (χ1v) is 11.6. The summed E-state index contributed by atoms with van der Waals surface area (Å²) < 4.78 is 17.4. The lowest BCUT2D eigenvalue weighted by atomic mass is 9.90. The molecule has 0 bridgehead atoms. The van der Waals surface area contributed by atoms with Crippen LogP contribution in [0, 0.1) is 0 Å². The van der Waals surface area contributed by atoms with E-state index in [0.29, 0.717) is 25.4 Å². The van der Waals surface area contributed by atoms with E-state index in [4.69, 9.17) is 14.2 Å². The number of ether oxygens (including phenoxy) is 3. The smallest absolute Gasteiger partial charge is 0.124 e. The average molecular weight is 425 g/mol. The van der Waals surface area contributed by atoms with Crippen LogP contribution in [0.25, 0.3) is 0 Å². The molecule has 1 unspecified atom stereocenters. The van der Waals surface area contributed by atoms with E-state index in [1.807, 2.05) is 0 Å². The lowest BCUT2D eigenvalue weighted by molar-refractivity contribution is -0.113. The number of benzene rings is 2. The molecule has 31 heavy (non-hydrogen) atoms. The van der Waals surface area contributed by atoms with Crippen molar-refractivity contribution in [2.45, 2.75) is 68.9 Å². The summed E-state index contributed by atoms with van der Waals surface area (Å²) >= 11 is 0. The zero-order valence-corrected chi connectivity index (χ0v) is 17.9. The molecule has 2 aromatic rings. The van der Waals surface area contributed by atoms with Crippen molar-refractivity contribution in [3.63, 3.8) is 0 Å². The second-order valence-electron chi connectivity index (χ2n) is 9.21. The van der Waals surface area contributed by atoms with Gasteiger partial charge in [0.2, 0.25) is 0 Å². The maximum atomic E-state index is 10.2. The molecule has 5 rings (SSSR count). The van der Waals surface area contributed by atoms with Crippen LogP contribution in [0.3, 0.4) is 0 Å². The molecule has 0 amide bonds. The lowest BCUT2D eigenvalue weighted by Gasteiger charge is -2.33. The molecule has 2 N–H and O–H groups in total. The molecule has 3 fully saturated rings. The summed E-state index contributed by atoms with van der Waals surface area (Å²) in [6, 6.07) is 15.1. The molecule has 5 nitrogen and oxygen atoms in total. The Morgan fingerprint density at radius 3 is 2.55 bits per heavy atom. The number of rotatable bonds is 7. The van der Waals surface area contributed by atoms with E-state index in [1.165, 1.54) is 29.5 Å². The van der Waals surface area contributed by atoms with E-state index in [2.05, 4.69) is 42.5 Å². The number of aliphatic hydroxyl groups is 2. The molecule has 2 saturated heterocycles. The van der Waals surface area contributed by atoms with E-state index < -0.39 is 6.10 Å². The molecule has 4 atom stereocenters. The Kier molecular flexibility index (Phi) is 6.28. The predicted octanol–water partition coefficient (Wildman–Crippen LogP) is 3.90. The molecule has 166 valence electrons. The summed E-state index contributed by atoms with van der Waals surface area (Å²) in [5.74, 6) is 1.56. The highest BCUT2D eigenvalue weighted by Gasteiger charge is 2.31. The zero-order valence-electron chi connectivity index (χ0n) is 17.9. The third-order valence-electron chi connectivity index (χ3n) is 6.65. The van der Waals surface area contributed by atoms with Gasteiger partial charge in [-0.3, -0.25) is 0 Å². The van der Waals surface area contributed by atoms with Crippen molar-refractivity contribution in [2.75, 3.05) is 19.8 Å². The highest BCUT2D eigenvalue weighted by molar-refractivity contribution is 5.41. The minimum atomic E-state index is -0.430. The maximum Gasteiger partial charge on any atom is 0.124 e. The van der Waals surface area contributed by atoms with Crippen molar-refractivity contribution in [3.05, 3.63) is 64.7 Å². The van der Waals surface area contributed by atoms with Crippen molar-refractivity contribution in [2.24, 2.45) is 0 Å². The highest BCUT2D eigenvalue weighted by Crippen LogP contribution is 2.43. The van der Waals surface area contributed by atoms with E-state index in [0.717, 1.165) is 30.8 Å². The summed E-state index contributed by atoms with van der Waals surface area (Å²) in [4.78, 5) is 0. The van der Waals surface area contributed by atoms with Gasteiger partial charge in [0.05, 0.1) is 38.1 Å². The summed E-state index contributed by atoms with van der Waals surface area (Å²) in [7, 11) is 0. The minimum absolute atomic E-state index is 0.0536. The van der Waals surface area contributed by atoms with Gasteiger partial charge in [-0.2, -0.15) is 0 Å². The minimum Gasteiger partial charge on any atom is -0.488 e. The Morgan fingerprint density at radius 2 is 1.84 bits per heavy atom. The summed E-state index contributed by atoms with van der Waals surface area (Å²) in [5, 5.41) is 19.7. The van der Waals surface area contributed by atoms with Gasteiger partial charge in [-0.25, -0.2) is 0 Å². The van der Waals surface area contributed by atoms with Gasteiger partial charge in [-0.15, -0.1) is 0 Å². The monoisotopic (exact) mass is 424 g/mol. The van der Waals surface area contributed by atoms with Crippen LogP contribution in [0.15, 0.2) is 42.5 Å². The van der Waals surface area contributed by atoms with Crippen LogP contribution < -0.4 is 4.74 Å². The van der Waals surface area contributed by atoms with Crippen LogP contribution in [0.2, 0.25) is 0 Å². The van der Waals surface area contributed by atoms with Crippen molar-refractivity contribution in [1.82, 2.24) is 0 Å². The summed E-state index contributed by atoms with van der Waals surface area (Å²) in [6.45, 7) is 1.40. The Labute approximate surface area is 184 Å². The van der Waals surface area contributed by atoms with Gasteiger partial charge in [0.15, 0.2) is 0 Å². The quantitative estimate of drug-likeness (QED) is 0.706. The Morgan fingerprint density at radius 1 is 1.00 bits per heavy atom. The second kappa shape index (κ2) is 9.29. The van der Waals surface area contributed by atoms with Gasteiger partial charge in [-0.1, -0.05) is 30.3 Å². The Bertz CT molecular complexity index is 870. The molecule has 2 heterocycles. The fourth-order valence-corrected chi connectivity index (χ4v) is 4.80. The van der Waals surface area contributed by atoms with Gasteiger partial charge in [0.1, 0.15) is 11.9 Å². The topological polar surface area (TPSA) is 68.2 Å². The van der Waals surface area contributed by atoms with Crippen molar-refractivity contribution >= 4 is 0 Å². The SMILES string of the molecule is OC[C@@H]1CC(O)C[C@H](c2ccc(C3CC3)c(Cc3ccc(O[C@@H]4CCOC4)cc3)c2)O1. The predicted molar refractivity (Wildman–Crippen MR) is 117 cm³/mol. The maximum absolute atomic E-state index is 10.2. The molecule has 2 aliphatic heterocycles. The molecular weight excluding hydrogens is 392 g/mol. The number of hydrogen-bond acceptors (Lipinski definition) is 5. The lowest BCUT2D eigenvalue weighted by Crippen LogP contribution is -2.33. The third kappa shape index (κ3) is 5.12. The fraction of sp³-hybridized carbons (Fsp3) is 0.538. The van der Waals surface area contributed by atoms with Crippen LogP contribution >= 0.6 is 0 Å². The summed E-state index contributed by atoms with van der Waals surface area (Å²) in [6.07, 6.45) is 4.69. The van der Waals surface area contributed by atoms with E-state index in [9.17, 15) is 10.2 Å². The first-order valence-electron chi connectivity index (χ1n) is 11.6. The largest absolute Gasteiger partial charge is 0.488 e. The molecular formula is C26H32O5. The van der Waals surface area contributed by atoms with Crippen molar-refractivity contribution in [1.29, 1.82) is 0 Å². The van der Waals surface area contributed by atoms with Crippen LogP contribution in [0.5, 0.6) is 5.75 Å². The molecule has 2 aromatic carbocycles. The van der Waals surface area contributed by atoms with E-state index >= 15 is 0 Å². The van der Waals surface area contributed by atoms with Crippen molar-refractivity contribution < 1.29 is 24.4 Å².